The number of nitrogens with zero attached hydrogens (tertiary/aromatic N) is 3. The molecule has 2 aromatic heterocycles. The summed E-state index contributed by atoms with van der Waals surface area (Å²) in [7, 11) is 0. The predicted molar refractivity (Wildman–Crippen MR) is 250 cm³/mol. The van der Waals surface area contributed by atoms with Crippen LogP contribution in [0.15, 0.2) is 218 Å². The van der Waals surface area contributed by atoms with Gasteiger partial charge in [-0.2, -0.15) is 0 Å². The van der Waals surface area contributed by atoms with E-state index in [4.69, 9.17) is 15.0 Å². The quantitative estimate of drug-likeness (QED) is 0.147. The zero-order chi connectivity index (χ0) is 40.3. The third-order valence-corrected chi connectivity index (χ3v) is 11.3. The van der Waals surface area contributed by atoms with Crippen molar-refractivity contribution in [2.24, 2.45) is 0 Å². The Bertz CT molecular complexity index is 3010. The van der Waals surface area contributed by atoms with Crippen LogP contribution in [0.1, 0.15) is 12.5 Å². The maximum absolute atomic E-state index is 5.25. The zero-order valence-electron chi connectivity index (χ0n) is 33.3. The molecule has 284 valence electrons. The van der Waals surface area contributed by atoms with Crippen molar-refractivity contribution in [3.8, 4) is 89.8 Å². The highest BCUT2D eigenvalue weighted by Crippen LogP contribution is 2.41. The maximum Gasteiger partial charge on any atom is 0.160 e. The van der Waals surface area contributed by atoms with Gasteiger partial charge in [0.1, 0.15) is 0 Å². The molecule has 0 saturated heterocycles. The third kappa shape index (κ3) is 7.18. The Kier molecular flexibility index (Phi) is 9.91. The number of rotatable bonds is 9. The Morgan fingerprint density at radius 2 is 0.783 bits per heavy atom. The molecule has 8 aromatic carbocycles. The molecule has 0 atom stereocenters. The van der Waals surface area contributed by atoms with Crippen LogP contribution in [0.4, 0.5) is 0 Å². The number of hydrogen-bond donors (Lipinski definition) is 0. The molecule has 0 bridgehead atoms. The van der Waals surface area contributed by atoms with Gasteiger partial charge in [-0.15, -0.1) is 0 Å². The molecule has 0 saturated carbocycles. The van der Waals surface area contributed by atoms with E-state index in [1.165, 1.54) is 21.9 Å². The SMILES string of the molecule is CCc1c(-c2ccccc2)nc(-c2ccccc2)nc1-c1ccc(-c2c(-c3ccc(-c4cc(-c5ccccc5)nc(-c5ccccc5)c4)cc3)ccc3ccccc23)cc1. The maximum atomic E-state index is 5.25. The summed E-state index contributed by atoms with van der Waals surface area (Å²) >= 11 is 0. The Labute approximate surface area is 351 Å². The number of aromatic nitrogens is 3. The standard InChI is InChI=1S/C57H41N3/c1-2-49-55(45-22-11-5-12-23-45)59-57(47-24-13-6-14-25-47)60-56(49)46-33-31-44(32-34-46)54-50-26-16-15-17-40(50)35-36-51(54)41-29-27-39(28-30-41)48-37-52(42-18-7-3-8-19-42)58-53(38-48)43-20-9-4-10-21-43/h3-38H,2H2,1H3. The first-order valence-electron chi connectivity index (χ1n) is 20.6. The fraction of sp³-hybridized carbons (Fsp3) is 0.0351. The van der Waals surface area contributed by atoms with Crippen LogP contribution in [-0.2, 0) is 6.42 Å². The lowest BCUT2D eigenvalue weighted by atomic mass is 9.88. The molecular weight excluding hydrogens is 727 g/mol. The van der Waals surface area contributed by atoms with E-state index in [2.05, 4.69) is 189 Å². The van der Waals surface area contributed by atoms with Crippen molar-refractivity contribution < 1.29 is 0 Å². The lowest BCUT2D eigenvalue weighted by molar-refractivity contribution is 1.06. The predicted octanol–water partition coefficient (Wildman–Crippen LogP) is 14.9. The molecule has 10 rings (SSSR count). The smallest absolute Gasteiger partial charge is 0.160 e. The third-order valence-electron chi connectivity index (χ3n) is 11.3. The van der Waals surface area contributed by atoms with E-state index in [-0.39, 0.29) is 0 Å². The second kappa shape index (κ2) is 16.2. The van der Waals surface area contributed by atoms with Crippen LogP contribution >= 0.6 is 0 Å². The van der Waals surface area contributed by atoms with Gasteiger partial charge in [-0.05, 0) is 62.7 Å². The average molecular weight is 768 g/mol. The molecule has 0 aliphatic heterocycles. The minimum absolute atomic E-state index is 0.727. The van der Waals surface area contributed by atoms with Crippen LogP contribution in [-0.4, -0.2) is 15.0 Å². The van der Waals surface area contributed by atoms with Gasteiger partial charge < -0.3 is 0 Å². The van der Waals surface area contributed by atoms with Crippen molar-refractivity contribution in [3.05, 3.63) is 224 Å². The average Bonchev–Trinajstić information content (AvgIpc) is 3.34. The normalized spacial score (nSPS) is 11.2. The molecule has 3 nitrogen and oxygen atoms in total. The fourth-order valence-corrected chi connectivity index (χ4v) is 8.28. The van der Waals surface area contributed by atoms with Crippen LogP contribution in [0.3, 0.4) is 0 Å². The monoisotopic (exact) mass is 767 g/mol. The Hall–Kier alpha value is -7.75. The summed E-state index contributed by atoms with van der Waals surface area (Å²) < 4.78 is 0. The minimum atomic E-state index is 0.727. The molecule has 0 unspecified atom stereocenters. The van der Waals surface area contributed by atoms with Gasteiger partial charge in [-0.1, -0.05) is 213 Å². The van der Waals surface area contributed by atoms with Crippen molar-refractivity contribution >= 4 is 10.8 Å². The summed E-state index contributed by atoms with van der Waals surface area (Å²) in [4.78, 5) is 15.5. The van der Waals surface area contributed by atoms with E-state index in [1.54, 1.807) is 0 Å². The van der Waals surface area contributed by atoms with Crippen molar-refractivity contribution in [1.29, 1.82) is 0 Å². The van der Waals surface area contributed by atoms with Crippen molar-refractivity contribution in [2.75, 3.05) is 0 Å². The highest BCUT2D eigenvalue weighted by molar-refractivity contribution is 6.04. The summed E-state index contributed by atoms with van der Waals surface area (Å²) in [5.41, 5.74) is 17.3. The van der Waals surface area contributed by atoms with Crippen molar-refractivity contribution in [2.45, 2.75) is 13.3 Å². The molecule has 0 aliphatic rings. The van der Waals surface area contributed by atoms with E-state index >= 15 is 0 Å². The summed E-state index contributed by atoms with van der Waals surface area (Å²) in [6.45, 7) is 2.19. The van der Waals surface area contributed by atoms with Gasteiger partial charge in [0.15, 0.2) is 5.82 Å². The molecular formula is C57H41N3. The summed E-state index contributed by atoms with van der Waals surface area (Å²) in [6, 6.07) is 77.2. The van der Waals surface area contributed by atoms with Gasteiger partial charge >= 0.3 is 0 Å². The first kappa shape index (κ1) is 36.6. The van der Waals surface area contributed by atoms with Gasteiger partial charge in [0.05, 0.1) is 22.8 Å². The lowest BCUT2D eigenvalue weighted by Crippen LogP contribution is -2.02. The highest BCUT2D eigenvalue weighted by atomic mass is 14.9. The largest absolute Gasteiger partial charge is 0.248 e. The number of pyridine rings is 1. The minimum Gasteiger partial charge on any atom is -0.248 e. The van der Waals surface area contributed by atoms with Crippen LogP contribution < -0.4 is 0 Å². The molecule has 60 heavy (non-hydrogen) atoms. The van der Waals surface area contributed by atoms with Crippen LogP contribution in [0.2, 0.25) is 0 Å². The van der Waals surface area contributed by atoms with Crippen molar-refractivity contribution in [3.63, 3.8) is 0 Å². The van der Waals surface area contributed by atoms with Crippen LogP contribution in [0.5, 0.6) is 0 Å². The zero-order valence-corrected chi connectivity index (χ0v) is 33.3. The Balaban J connectivity index is 1.06. The van der Waals surface area contributed by atoms with E-state index in [9.17, 15) is 0 Å². The van der Waals surface area contributed by atoms with E-state index in [1.807, 2.05) is 36.4 Å². The molecule has 0 amide bonds. The fourth-order valence-electron chi connectivity index (χ4n) is 8.28. The lowest BCUT2D eigenvalue weighted by Gasteiger charge is -2.17. The number of benzene rings is 8. The molecule has 0 aliphatic carbocycles. The molecule has 0 fully saturated rings. The molecule has 10 aromatic rings. The van der Waals surface area contributed by atoms with Gasteiger partial charge in [0, 0.05) is 33.4 Å². The first-order chi connectivity index (χ1) is 29.7. The van der Waals surface area contributed by atoms with Crippen LogP contribution in [0.25, 0.3) is 101 Å². The first-order valence-corrected chi connectivity index (χ1v) is 20.6. The highest BCUT2D eigenvalue weighted by Gasteiger charge is 2.19. The molecule has 0 N–H and O–H groups in total. The Morgan fingerprint density at radius 3 is 1.35 bits per heavy atom. The van der Waals surface area contributed by atoms with Crippen molar-refractivity contribution in [1.82, 2.24) is 15.0 Å². The summed E-state index contributed by atoms with van der Waals surface area (Å²) in [6.07, 6.45) is 0.806. The van der Waals surface area contributed by atoms with E-state index in [0.29, 0.717) is 0 Å². The van der Waals surface area contributed by atoms with Gasteiger partial charge in [0.2, 0.25) is 0 Å². The van der Waals surface area contributed by atoms with Gasteiger partial charge in [-0.3, -0.25) is 0 Å². The summed E-state index contributed by atoms with van der Waals surface area (Å²) in [5, 5.41) is 2.43. The molecule has 0 spiro atoms. The Morgan fingerprint density at radius 1 is 0.333 bits per heavy atom. The van der Waals surface area contributed by atoms with E-state index < -0.39 is 0 Å². The van der Waals surface area contributed by atoms with Gasteiger partial charge in [0.25, 0.3) is 0 Å². The van der Waals surface area contributed by atoms with Crippen LogP contribution in [0, 0.1) is 0 Å². The summed E-state index contributed by atoms with van der Waals surface area (Å²) in [5.74, 6) is 0.727. The second-order valence-corrected chi connectivity index (χ2v) is 15.0. The van der Waals surface area contributed by atoms with Gasteiger partial charge in [-0.25, -0.2) is 15.0 Å². The number of fused-ring (bicyclic) bond motifs is 1. The number of hydrogen-bond acceptors (Lipinski definition) is 3. The second-order valence-electron chi connectivity index (χ2n) is 15.0. The van der Waals surface area contributed by atoms with E-state index in [0.717, 1.165) is 90.7 Å². The molecule has 0 radical (unpaired) electrons. The molecule has 2 heterocycles. The molecule has 3 heteroatoms. The topological polar surface area (TPSA) is 38.7 Å².